The molecule has 2 amide bonds. The first-order valence-corrected chi connectivity index (χ1v) is 9.43. The predicted octanol–water partition coefficient (Wildman–Crippen LogP) is 2.82. The summed E-state index contributed by atoms with van der Waals surface area (Å²) in [6.45, 7) is 3.97. The van der Waals surface area contributed by atoms with Crippen molar-refractivity contribution in [3.63, 3.8) is 0 Å². The Bertz CT molecular complexity index is 987. The van der Waals surface area contributed by atoms with Gasteiger partial charge in [0, 0.05) is 43.8 Å². The van der Waals surface area contributed by atoms with Gasteiger partial charge >= 0.3 is 6.03 Å². The van der Waals surface area contributed by atoms with Gasteiger partial charge in [0.1, 0.15) is 0 Å². The van der Waals surface area contributed by atoms with Crippen LogP contribution in [-0.4, -0.2) is 52.6 Å². The summed E-state index contributed by atoms with van der Waals surface area (Å²) in [5.74, 6) is 0.490. The van der Waals surface area contributed by atoms with E-state index in [2.05, 4.69) is 25.7 Å². The van der Waals surface area contributed by atoms with Crippen molar-refractivity contribution in [2.75, 3.05) is 37.0 Å². The second-order valence-corrected chi connectivity index (χ2v) is 6.83. The number of aromatic nitrogens is 4. The number of amides is 2. The van der Waals surface area contributed by atoms with E-state index in [1.807, 2.05) is 48.1 Å². The standard InChI is InChI=1S/C20H23N7O2/c1-14(13-29-2)27-12-16(11-23-27)24-19-21-8-7-18(25-19)15-3-5-17(6-4-15)26-10-9-22-20(26)28/h3-8,11-12,14H,9-10,13H2,1-2H3,(H,22,28)(H,21,24,25). The molecule has 0 aliphatic carbocycles. The lowest BCUT2D eigenvalue weighted by atomic mass is 10.1. The van der Waals surface area contributed by atoms with Crippen LogP contribution in [0.4, 0.5) is 22.1 Å². The molecule has 0 saturated carbocycles. The molecular weight excluding hydrogens is 370 g/mol. The van der Waals surface area contributed by atoms with E-state index in [1.54, 1.807) is 24.4 Å². The molecule has 9 nitrogen and oxygen atoms in total. The average molecular weight is 393 g/mol. The molecule has 1 unspecified atom stereocenters. The Morgan fingerprint density at radius 1 is 1.28 bits per heavy atom. The molecule has 2 N–H and O–H groups in total. The second kappa shape index (κ2) is 8.27. The molecule has 3 aromatic rings. The monoisotopic (exact) mass is 393 g/mol. The van der Waals surface area contributed by atoms with Gasteiger partial charge in [0.25, 0.3) is 0 Å². The molecule has 2 aromatic heterocycles. The lowest BCUT2D eigenvalue weighted by molar-refractivity contribution is 0.157. The van der Waals surface area contributed by atoms with E-state index >= 15 is 0 Å². The van der Waals surface area contributed by atoms with Gasteiger partial charge in [-0.05, 0) is 25.1 Å². The maximum absolute atomic E-state index is 11.8. The molecule has 1 saturated heterocycles. The van der Waals surface area contributed by atoms with Crippen molar-refractivity contribution in [1.29, 1.82) is 0 Å². The SMILES string of the molecule is COCC(C)n1cc(Nc2nccc(-c3ccc(N4CCNC4=O)cc3)n2)cn1. The highest BCUT2D eigenvalue weighted by atomic mass is 16.5. The highest BCUT2D eigenvalue weighted by Crippen LogP contribution is 2.24. The minimum atomic E-state index is -0.0633. The van der Waals surface area contributed by atoms with Crippen LogP contribution in [0.1, 0.15) is 13.0 Å². The third-order valence-corrected chi connectivity index (χ3v) is 4.70. The first kappa shape index (κ1) is 18.9. The lowest BCUT2D eigenvalue weighted by Gasteiger charge is -2.14. The number of benzene rings is 1. The smallest absolute Gasteiger partial charge is 0.321 e. The Kier molecular flexibility index (Phi) is 5.39. The highest BCUT2D eigenvalue weighted by Gasteiger charge is 2.20. The third-order valence-electron chi connectivity index (χ3n) is 4.70. The molecule has 4 rings (SSSR count). The molecule has 1 aliphatic rings. The number of nitrogens with one attached hydrogen (secondary N) is 2. The summed E-state index contributed by atoms with van der Waals surface area (Å²) < 4.78 is 7.00. The number of anilines is 3. The van der Waals surface area contributed by atoms with E-state index in [0.29, 0.717) is 25.6 Å². The molecule has 29 heavy (non-hydrogen) atoms. The average Bonchev–Trinajstić information content (AvgIpc) is 3.38. The molecule has 1 atom stereocenters. The Hall–Kier alpha value is -3.46. The van der Waals surface area contributed by atoms with E-state index in [4.69, 9.17) is 4.74 Å². The van der Waals surface area contributed by atoms with Crippen LogP contribution in [0.2, 0.25) is 0 Å². The maximum Gasteiger partial charge on any atom is 0.321 e. The summed E-state index contributed by atoms with van der Waals surface area (Å²) in [5.41, 5.74) is 3.41. The first-order chi connectivity index (χ1) is 14.1. The Labute approximate surface area is 168 Å². The van der Waals surface area contributed by atoms with Crippen LogP contribution >= 0.6 is 0 Å². The third kappa shape index (κ3) is 4.19. The minimum Gasteiger partial charge on any atom is -0.382 e. The molecule has 0 radical (unpaired) electrons. The molecule has 1 fully saturated rings. The summed E-state index contributed by atoms with van der Waals surface area (Å²) in [4.78, 5) is 22.4. The zero-order chi connectivity index (χ0) is 20.2. The van der Waals surface area contributed by atoms with Crippen LogP contribution in [0.5, 0.6) is 0 Å². The van der Waals surface area contributed by atoms with Crippen molar-refractivity contribution in [2.45, 2.75) is 13.0 Å². The molecule has 1 aromatic carbocycles. The zero-order valence-electron chi connectivity index (χ0n) is 16.4. The number of urea groups is 1. The Morgan fingerprint density at radius 2 is 2.10 bits per heavy atom. The topological polar surface area (TPSA) is 97.2 Å². The van der Waals surface area contributed by atoms with Gasteiger partial charge in [-0.3, -0.25) is 9.58 Å². The number of hydrogen-bond donors (Lipinski definition) is 2. The van der Waals surface area contributed by atoms with Crippen LogP contribution in [0.25, 0.3) is 11.3 Å². The van der Waals surface area contributed by atoms with Gasteiger partial charge in [-0.1, -0.05) is 12.1 Å². The van der Waals surface area contributed by atoms with Gasteiger partial charge in [0.2, 0.25) is 5.95 Å². The zero-order valence-corrected chi connectivity index (χ0v) is 16.4. The van der Waals surface area contributed by atoms with Gasteiger partial charge in [-0.2, -0.15) is 5.10 Å². The van der Waals surface area contributed by atoms with E-state index in [9.17, 15) is 4.79 Å². The Balaban J connectivity index is 1.48. The molecule has 1 aliphatic heterocycles. The van der Waals surface area contributed by atoms with E-state index in [1.165, 1.54) is 0 Å². The van der Waals surface area contributed by atoms with Crippen molar-refractivity contribution in [3.05, 3.63) is 48.9 Å². The van der Waals surface area contributed by atoms with Gasteiger partial charge in [0.05, 0.1) is 30.2 Å². The fourth-order valence-electron chi connectivity index (χ4n) is 3.20. The first-order valence-electron chi connectivity index (χ1n) is 9.43. The van der Waals surface area contributed by atoms with E-state index in [0.717, 1.165) is 22.6 Å². The van der Waals surface area contributed by atoms with Crippen LogP contribution in [0.15, 0.2) is 48.9 Å². The van der Waals surface area contributed by atoms with Gasteiger partial charge in [-0.25, -0.2) is 14.8 Å². The van der Waals surface area contributed by atoms with Crippen molar-refractivity contribution in [3.8, 4) is 11.3 Å². The molecule has 3 heterocycles. The quantitative estimate of drug-likeness (QED) is 0.641. The van der Waals surface area contributed by atoms with E-state index < -0.39 is 0 Å². The van der Waals surface area contributed by atoms with Crippen LogP contribution < -0.4 is 15.5 Å². The molecule has 9 heteroatoms. The predicted molar refractivity (Wildman–Crippen MR) is 110 cm³/mol. The number of hydrogen-bond acceptors (Lipinski definition) is 6. The summed E-state index contributed by atoms with van der Waals surface area (Å²) in [5, 5.41) is 10.3. The summed E-state index contributed by atoms with van der Waals surface area (Å²) in [6.07, 6.45) is 5.35. The van der Waals surface area contributed by atoms with Crippen molar-refractivity contribution < 1.29 is 9.53 Å². The normalized spacial score (nSPS) is 14.7. The number of nitrogens with zero attached hydrogens (tertiary/aromatic N) is 5. The van der Waals surface area contributed by atoms with Crippen molar-refractivity contribution in [2.24, 2.45) is 0 Å². The van der Waals surface area contributed by atoms with Crippen LogP contribution in [-0.2, 0) is 4.74 Å². The molecule has 0 spiro atoms. The number of rotatable bonds is 7. The van der Waals surface area contributed by atoms with E-state index in [-0.39, 0.29) is 12.1 Å². The van der Waals surface area contributed by atoms with Gasteiger partial charge in [0.15, 0.2) is 0 Å². The number of ether oxygens (including phenoxy) is 1. The second-order valence-electron chi connectivity index (χ2n) is 6.83. The van der Waals surface area contributed by atoms with Gasteiger partial charge < -0.3 is 15.4 Å². The number of methoxy groups -OCH3 is 1. The van der Waals surface area contributed by atoms with Crippen LogP contribution in [0, 0.1) is 0 Å². The molecular formula is C20H23N7O2. The highest BCUT2D eigenvalue weighted by molar-refractivity contribution is 5.94. The number of carbonyl (C=O) groups is 1. The summed E-state index contributed by atoms with van der Waals surface area (Å²) in [7, 11) is 1.67. The van der Waals surface area contributed by atoms with Crippen molar-refractivity contribution in [1.82, 2.24) is 25.1 Å². The fraction of sp³-hybridized carbons (Fsp3) is 0.300. The largest absolute Gasteiger partial charge is 0.382 e. The number of carbonyl (C=O) groups excluding carboxylic acids is 1. The maximum atomic E-state index is 11.8. The Morgan fingerprint density at radius 3 is 2.83 bits per heavy atom. The van der Waals surface area contributed by atoms with Gasteiger partial charge in [-0.15, -0.1) is 0 Å². The fourth-order valence-corrected chi connectivity index (χ4v) is 3.20. The minimum absolute atomic E-state index is 0.0633. The summed E-state index contributed by atoms with van der Waals surface area (Å²) in [6, 6.07) is 9.69. The molecule has 0 bridgehead atoms. The molecule has 150 valence electrons. The van der Waals surface area contributed by atoms with Crippen LogP contribution in [0.3, 0.4) is 0 Å². The summed E-state index contributed by atoms with van der Waals surface area (Å²) >= 11 is 0. The van der Waals surface area contributed by atoms with Crippen molar-refractivity contribution >= 4 is 23.4 Å². The lowest BCUT2D eigenvalue weighted by Crippen LogP contribution is -2.27.